The van der Waals surface area contributed by atoms with Gasteiger partial charge in [-0.2, -0.15) is 0 Å². The van der Waals surface area contributed by atoms with E-state index in [0.717, 1.165) is 12.0 Å². The molecular weight excluding hydrogens is 238 g/mol. The van der Waals surface area contributed by atoms with Gasteiger partial charge in [0.25, 0.3) is 0 Å². The number of nitrogens with zero attached hydrogens (tertiary/aromatic N) is 1. The Bertz CT molecular complexity index is 405. The van der Waals surface area contributed by atoms with Crippen LogP contribution in [0.25, 0.3) is 0 Å². The molecule has 3 heteroatoms. The second kappa shape index (κ2) is 6.38. The summed E-state index contributed by atoms with van der Waals surface area (Å²) in [6.45, 7) is 6.81. The first-order chi connectivity index (χ1) is 9.11. The lowest BCUT2D eigenvalue weighted by molar-refractivity contribution is 0.0409. The number of hydrogen-bond acceptors (Lipinski definition) is 3. The van der Waals surface area contributed by atoms with Crippen molar-refractivity contribution in [1.82, 2.24) is 4.98 Å². The largest absolute Gasteiger partial charge is 0.474 e. The van der Waals surface area contributed by atoms with Crippen LogP contribution in [0, 0.1) is 17.8 Å². The van der Waals surface area contributed by atoms with Gasteiger partial charge >= 0.3 is 0 Å². The molecule has 3 unspecified atom stereocenters. The molecule has 3 nitrogen and oxygen atoms in total. The highest BCUT2D eigenvalue weighted by Gasteiger charge is 2.32. The van der Waals surface area contributed by atoms with Crippen LogP contribution in [0.1, 0.15) is 45.6 Å². The summed E-state index contributed by atoms with van der Waals surface area (Å²) in [4.78, 5) is 4.28. The summed E-state index contributed by atoms with van der Waals surface area (Å²) in [6, 6.07) is 3.71. The van der Waals surface area contributed by atoms with E-state index < -0.39 is 0 Å². The summed E-state index contributed by atoms with van der Waals surface area (Å²) < 4.78 is 6.15. The Morgan fingerprint density at radius 3 is 2.89 bits per heavy atom. The lowest BCUT2D eigenvalue weighted by Crippen LogP contribution is -2.36. The number of aromatic nitrogens is 1. The van der Waals surface area contributed by atoms with Crippen molar-refractivity contribution in [3.05, 3.63) is 23.9 Å². The zero-order valence-corrected chi connectivity index (χ0v) is 12.2. The van der Waals surface area contributed by atoms with E-state index in [2.05, 4.69) is 25.8 Å². The molecule has 1 aromatic heterocycles. The lowest BCUT2D eigenvalue weighted by Gasteiger charge is -2.37. The molecule has 0 saturated heterocycles. The maximum atomic E-state index is 9.35. The molecule has 0 amide bonds. The fourth-order valence-electron chi connectivity index (χ4n) is 3.04. The van der Waals surface area contributed by atoms with Crippen molar-refractivity contribution < 1.29 is 9.84 Å². The molecule has 1 heterocycles. The molecule has 19 heavy (non-hydrogen) atoms. The fourth-order valence-corrected chi connectivity index (χ4v) is 3.04. The van der Waals surface area contributed by atoms with E-state index in [1.807, 2.05) is 12.1 Å². The predicted molar refractivity (Wildman–Crippen MR) is 75.9 cm³/mol. The predicted octanol–water partition coefficient (Wildman–Crippen LogP) is 3.41. The number of aliphatic hydroxyl groups is 1. The molecule has 1 saturated carbocycles. The van der Waals surface area contributed by atoms with Crippen LogP contribution in [0.5, 0.6) is 5.88 Å². The molecule has 1 N–H and O–H groups in total. The summed E-state index contributed by atoms with van der Waals surface area (Å²) in [5, 5.41) is 9.35. The van der Waals surface area contributed by atoms with E-state index >= 15 is 0 Å². The standard InChI is InChI=1S/C16H25NO2/c1-11(2)14-7-6-12(3)9-15(14)19-16-13(10-18)5-4-8-17-16/h4-5,8,11-12,14-15,18H,6-7,9-10H2,1-3H3. The Kier molecular flexibility index (Phi) is 4.81. The van der Waals surface area contributed by atoms with Gasteiger partial charge in [-0.1, -0.05) is 27.2 Å². The van der Waals surface area contributed by atoms with Crippen LogP contribution in [-0.4, -0.2) is 16.2 Å². The highest BCUT2D eigenvalue weighted by atomic mass is 16.5. The Labute approximate surface area is 116 Å². The van der Waals surface area contributed by atoms with Crippen LogP contribution in [-0.2, 0) is 6.61 Å². The van der Waals surface area contributed by atoms with Crippen LogP contribution in [0.4, 0.5) is 0 Å². The number of aliphatic hydroxyl groups excluding tert-OH is 1. The summed E-state index contributed by atoms with van der Waals surface area (Å²) in [7, 11) is 0. The monoisotopic (exact) mass is 263 g/mol. The maximum Gasteiger partial charge on any atom is 0.219 e. The van der Waals surface area contributed by atoms with Crippen LogP contribution >= 0.6 is 0 Å². The molecular formula is C16H25NO2. The Hall–Kier alpha value is -1.09. The van der Waals surface area contributed by atoms with Gasteiger partial charge in [0.05, 0.1) is 6.61 Å². The molecule has 1 aliphatic rings. The molecule has 1 fully saturated rings. The Morgan fingerprint density at radius 1 is 1.42 bits per heavy atom. The quantitative estimate of drug-likeness (QED) is 0.905. The smallest absolute Gasteiger partial charge is 0.219 e. The summed E-state index contributed by atoms with van der Waals surface area (Å²) in [5.74, 6) is 2.53. The van der Waals surface area contributed by atoms with Gasteiger partial charge in [-0.3, -0.25) is 0 Å². The van der Waals surface area contributed by atoms with E-state index in [9.17, 15) is 5.11 Å². The third kappa shape index (κ3) is 3.47. The van der Waals surface area contributed by atoms with E-state index in [0.29, 0.717) is 23.6 Å². The van der Waals surface area contributed by atoms with Gasteiger partial charge in [0, 0.05) is 11.8 Å². The highest BCUT2D eigenvalue weighted by Crippen LogP contribution is 2.36. The first-order valence-corrected chi connectivity index (χ1v) is 7.33. The van der Waals surface area contributed by atoms with Gasteiger partial charge in [-0.05, 0) is 42.7 Å². The number of rotatable bonds is 4. The van der Waals surface area contributed by atoms with Crippen molar-refractivity contribution in [3.8, 4) is 5.88 Å². The normalized spacial score (nSPS) is 27.5. The molecule has 0 radical (unpaired) electrons. The minimum Gasteiger partial charge on any atom is -0.474 e. The molecule has 0 aromatic carbocycles. The minimum absolute atomic E-state index is 0.0161. The van der Waals surface area contributed by atoms with Crippen LogP contribution in [0.15, 0.2) is 18.3 Å². The Balaban J connectivity index is 2.14. The zero-order chi connectivity index (χ0) is 13.8. The van der Waals surface area contributed by atoms with E-state index in [1.165, 1.54) is 12.8 Å². The van der Waals surface area contributed by atoms with Crippen LogP contribution < -0.4 is 4.74 Å². The molecule has 106 valence electrons. The van der Waals surface area contributed by atoms with Crippen molar-refractivity contribution in [3.63, 3.8) is 0 Å². The van der Waals surface area contributed by atoms with E-state index in [1.54, 1.807) is 6.20 Å². The summed E-state index contributed by atoms with van der Waals surface area (Å²) in [6.07, 6.45) is 5.56. The topological polar surface area (TPSA) is 42.4 Å². The molecule has 0 spiro atoms. The average Bonchev–Trinajstić information content (AvgIpc) is 2.39. The third-order valence-corrected chi connectivity index (χ3v) is 4.24. The van der Waals surface area contributed by atoms with E-state index in [4.69, 9.17) is 4.74 Å². The first kappa shape index (κ1) is 14.3. The second-order valence-corrected chi connectivity index (χ2v) is 6.11. The molecule has 3 atom stereocenters. The van der Waals surface area contributed by atoms with Crippen LogP contribution in [0.3, 0.4) is 0 Å². The van der Waals surface area contributed by atoms with Gasteiger partial charge in [-0.15, -0.1) is 0 Å². The lowest BCUT2D eigenvalue weighted by atomic mass is 9.75. The molecule has 0 aliphatic heterocycles. The van der Waals surface area contributed by atoms with Crippen LogP contribution in [0.2, 0.25) is 0 Å². The SMILES string of the molecule is CC1CCC(C(C)C)C(Oc2ncccc2CO)C1. The maximum absolute atomic E-state index is 9.35. The zero-order valence-electron chi connectivity index (χ0n) is 12.2. The molecule has 1 aliphatic carbocycles. The van der Waals surface area contributed by atoms with Crippen molar-refractivity contribution in [2.24, 2.45) is 17.8 Å². The fraction of sp³-hybridized carbons (Fsp3) is 0.688. The first-order valence-electron chi connectivity index (χ1n) is 7.33. The minimum atomic E-state index is -0.0161. The molecule has 2 rings (SSSR count). The number of pyridine rings is 1. The molecule has 0 bridgehead atoms. The van der Waals surface area contributed by atoms with Crippen molar-refractivity contribution in [2.45, 2.75) is 52.7 Å². The summed E-state index contributed by atoms with van der Waals surface area (Å²) >= 11 is 0. The van der Waals surface area contributed by atoms with E-state index in [-0.39, 0.29) is 12.7 Å². The second-order valence-electron chi connectivity index (χ2n) is 6.11. The van der Waals surface area contributed by atoms with Gasteiger partial charge in [0.2, 0.25) is 5.88 Å². The van der Waals surface area contributed by atoms with Gasteiger partial charge in [0.15, 0.2) is 0 Å². The number of hydrogen-bond donors (Lipinski definition) is 1. The summed E-state index contributed by atoms with van der Waals surface area (Å²) in [5.41, 5.74) is 0.781. The average molecular weight is 263 g/mol. The van der Waals surface area contributed by atoms with Gasteiger partial charge in [0.1, 0.15) is 6.10 Å². The van der Waals surface area contributed by atoms with Gasteiger partial charge < -0.3 is 9.84 Å². The highest BCUT2D eigenvalue weighted by molar-refractivity contribution is 5.24. The Morgan fingerprint density at radius 2 is 2.21 bits per heavy atom. The van der Waals surface area contributed by atoms with Crippen molar-refractivity contribution in [1.29, 1.82) is 0 Å². The third-order valence-electron chi connectivity index (χ3n) is 4.24. The number of ether oxygens (including phenoxy) is 1. The van der Waals surface area contributed by atoms with Gasteiger partial charge in [-0.25, -0.2) is 4.98 Å². The molecule has 1 aromatic rings. The van der Waals surface area contributed by atoms with Crippen molar-refractivity contribution >= 4 is 0 Å². The van der Waals surface area contributed by atoms with Crippen molar-refractivity contribution in [2.75, 3.05) is 0 Å².